The van der Waals surface area contributed by atoms with Crippen molar-refractivity contribution in [3.05, 3.63) is 59.7 Å². The number of hydrogen-bond acceptors (Lipinski definition) is 9. The van der Waals surface area contributed by atoms with Gasteiger partial charge in [-0.2, -0.15) is 8.42 Å². The number of amides is 1. The topological polar surface area (TPSA) is 202 Å². The van der Waals surface area contributed by atoms with Crippen LogP contribution in [0.4, 0.5) is 10.5 Å². The average molecular weight is 715 g/mol. The highest BCUT2D eigenvalue weighted by Gasteiger charge is 2.32. The maximum atomic E-state index is 12.8. The lowest BCUT2D eigenvalue weighted by atomic mass is 9.97. The third-order valence-electron chi connectivity index (χ3n) is 8.82. The minimum atomic E-state index is -4.52. The van der Waals surface area contributed by atoms with Gasteiger partial charge in [0.1, 0.15) is 6.61 Å². The molecule has 2 aromatic carbocycles. The van der Waals surface area contributed by atoms with E-state index < -0.39 is 39.9 Å². The molecule has 272 valence electrons. The molecule has 0 saturated heterocycles. The number of ether oxygens (including phenoxy) is 1. The number of fused-ring (bicyclic) bond motifs is 3. The molecule has 1 amide bonds. The van der Waals surface area contributed by atoms with Crippen LogP contribution in [0.5, 0.6) is 11.8 Å². The number of anilines is 1. The van der Waals surface area contributed by atoms with Crippen LogP contribution in [-0.4, -0.2) is 57.7 Å². The second-order valence-electron chi connectivity index (χ2n) is 12.6. The van der Waals surface area contributed by atoms with Crippen molar-refractivity contribution >= 4 is 33.8 Å². The van der Waals surface area contributed by atoms with Gasteiger partial charge in [-0.1, -0.05) is 82.8 Å². The number of nitrogens with one attached hydrogen (secondary N) is 1. The highest BCUT2D eigenvalue weighted by molar-refractivity contribution is 7.85. The van der Waals surface area contributed by atoms with Crippen LogP contribution in [0, 0.1) is 0 Å². The summed E-state index contributed by atoms with van der Waals surface area (Å²) in [5.74, 6) is -2.61. The van der Waals surface area contributed by atoms with E-state index in [2.05, 4.69) is 5.32 Å². The molecule has 0 spiro atoms. The van der Waals surface area contributed by atoms with Crippen LogP contribution in [-0.2, 0) is 24.4 Å². The fourth-order valence-electron chi connectivity index (χ4n) is 6.23. The Bertz CT molecular complexity index is 1720. The first-order valence-corrected chi connectivity index (χ1v) is 18.6. The molecule has 0 fully saturated rings. The number of carbonyl (C=O) groups excluding carboxylic acids is 2. The Morgan fingerprint density at radius 3 is 1.74 bits per heavy atom. The van der Waals surface area contributed by atoms with Crippen molar-refractivity contribution in [3.8, 4) is 22.9 Å². The maximum absolute atomic E-state index is 12.8. The fourth-order valence-corrected chi connectivity index (χ4v) is 6.75. The van der Waals surface area contributed by atoms with Gasteiger partial charge < -0.3 is 25.4 Å². The van der Waals surface area contributed by atoms with Crippen molar-refractivity contribution in [2.75, 3.05) is 11.9 Å². The number of nitrogens with zero attached hydrogens (tertiary/aromatic N) is 1. The number of aromatic hydroxyl groups is 2. The Hall–Kier alpha value is -4.56. The van der Waals surface area contributed by atoms with Crippen LogP contribution in [0.3, 0.4) is 0 Å². The number of carboxylic acid groups (broad SMARTS) is 1. The molecule has 0 bridgehead atoms. The SMILES string of the molecule is O=C(O)CCCCCCCCCCCCCCCC(=O)Nc1ccc2c(c1)C(COC(=O)On1c(O)ccc1O)c1cc(S(=O)(=O)O)ccc1-2. The van der Waals surface area contributed by atoms with E-state index in [1.807, 2.05) is 0 Å². The van der Waals surface area contributed by atoms with E-state index in [0.29, 0.717) is 33.5 Å². The van der Waals surface area contributed by atoms with Gasteiger partial charge in [0, 0.05) is 36.6 Å². The Morgan fingerprint density at radius 1 is 0.700 bits per heavy atom. The fraction of sp³-hybridized carbons (Fsp3) is 0.472. The molecule has 0 saturated carbocycles. The molecule has 14 heteroatoms. The van der Waals surface area contributed by atoms with Gasteiger partial charge in [0.2, 0.25) is 17.7 Å². The molecule has 0 aliphatic heterocycles. The van der Waals surface area contributed by atoms with Gasteiger partial charge in [0.25, 0.3) is 10.1 Å². The number of unbranched alkanes of at least 4 members (excludes halogenated alkanes) is 12. The predicted octanol–water partition coefficient (Wildman–Crippen LogP) is 7.40. The Morgan fingerprint density at radius 2 is 1.20 bits per heavy atom. The van der Waals surface area contributed by atoms with Crippen LogP contribution in [0.15, 0.2) is 53.4 Å². The molecular weight excluding hydrogens is 668 g/mol. The Labute approximate surface area is 291 Å². The molecule has 13 nitrogen and oxygen atoms in total. The number of rotatable bonds is 21. The van der Waals surface area contributed by atoms with E-state index in [1.54, 1.807) is 24.3 Å². The van der Waals surface area contributed by atoms with E-state index in [1.165, 1.54) is 50.7 Å². The predicted molar refractivity (Wildman–Crippen MR) is 185 cm³/mol. The first-order valence-electron chi connectivity index (χ1n) is 17.2. The van der Waals surface area contributed by atoms with Gasteiger partial charge >= 0.3 is 12.1 Å². The van der Waals surface area contributed by atoms with E-state index >= 15 is 0 Å². The zero-order chi connectivity index (χ0) is 36.1. The van der Waals surface area contributed by atoms with Crippen molar-refractivity contribution in [1.29, 1.82) is 0 Å². The number of hydrogen-bond donors (Lipinski definition) is 5. The van der Waals surface area contributed by atoms with Crippen molar-refractivity contribution in [2.45, 2.75) is 107 Å². The van der Waals surface area contributed by atoms with Crippen LogP contribution >= 0.6 is 0 Å². The van der Waals surface area contributed by atoms with Crippen molar-refractivity contribution in [1.82, 2.24) is 4.73 Å². The van der Waals surface area contributed by atoms with Gasteiger partial charge in [0.05, 0.1) is 4.90 Å². The third kappa shape index (κ3) is 11.2. The molecule has 1 unspecified atom stereocenters. The molecule has 0 radical (unpaired) electrons. The van der Waals surface area contributed by atoms with Crippen LogP contribution in [0.2, 0.25) is 0 Å². The Kier molecular flexibility index (Phi) is 14.1. The van der Waals surface area contributed by atoms with Crippen LogP contribution in [0.1, 0.15) is 113 Å². The maximum Gasteiger partial charge on any atom is 0.534 e. The van der Waals surface area contributed by atoms with Gasteiger partial charge in [-0.25, -0.2) is 4.79 Å². The molecule has 50 heavy (non-hydrogen) atoms. The molecule has 5 N–H and O–H groups in total. The molecular formula is C36H46N2O11S. The lowest BCUT2D eigenvalue weighted by molar-refractivity contribution is -0.137. The lowest BCUT2D eigenvalue weighted by Gasteiger charge is -2.16. The van der Waals surface area contributed by atoms with Gasteiger partial charge in [-0.3, -0.25) is 19.0 Å². The van der Waals surface area contributed by atoms with Gasteiger partial charge in [0.15, 0.2) is 0 Å². The monoisotopic (exact) mass is 714 g/mol. The van der Waals surface area contributed by atoms with Crippen molar-refractivity contribution in [2.24, 2.45) is 0 Å². The largest absolute Gasteiger partial charge is 0.534 e. The van der Waals surface area contributed by atoms with E-state index in [9.17, 15) is 37.6 Å². The van der Waals surface area contributed by atoms with Gasteiger partial charge in [-0.15, -0.1) is 4.73 Å². The summed E-state index contributed by atoms with van der Waals surface area (Å²) in [5, 5.41) is 31.1. The number of carbonyl (C=O) groups is 3. The minimum Gasteiger partial charge on any atom is -0.492 e. The van der Waals surface area contributed by atoms with Crippen LogP contribution < -0.4 is 10.2 Å². The number of aromatic nitrogens is 1. The molecule has 3 aromatic rings. The molecule has 1 heterocycles. The molecule has 1 atom stereocenters. The summed E-state index contributed by atoms with van der Waals surface area (Å²) in [6, 6.07) is 11.6. The van der Waals surface area contributed by atoms with Crippen molar-refractivity contribution < 1.29 is 52.2 Å². The highest BCUT2D eigenvalue weighted by Crippen LogP contribution is 2.46. The first-order chi connectivity index (χ1) is 23.9. The van der Waals surface area contributed by atoms with Crippen LogP contribution in [0.25, 0.3) is 11.1 Å². The lowest BCUT2D eigenvalue weighted by Crippen LogP contribution is -2.22. The summed E-state index contributed by atoms with van der Waals surface area (Å²) < 4.78 is 39.2. The van der Waals surface area contributed by atoms with E-state index in [-0.39, 0.29) is 23.8 Å². The Balaban J connectivity index is 1.23. The van der Waals surface area contributed by atoms with Gasteiger partial charge in [-0.05, 0) is 59.4 Å². The van der Waals surface area contributed by atoms with E-state index in [0.717, 1.165) is 62.6 Å². The quantitative estimate of drug-likeness (QED) is 0.0418. The molecule has 1 aliphatic carbocycles. The summed E-state index contributed by atoms with van der Waals surface area (Å²) >= 11 is 0. The number of aliphatic carboxylic acids is 1. The molecule has 1 aliphatic rings. The normalized spacial score (nSPS) is 13.4. The zero-order valence-corrected chi connectivity index (χ0v) is 28.8. The summed E-state index contributed by atoms with van der Waals surface area (Å²) in [6.07, 6.45) is 13.3. The second-order valence-corrected chi connectivity index (χ2v) is 14.0. The third-order valence-corrected chi connectivity index (χ3v) is 9.67. The van der Waals surface area contributed by atoms with E-state index in [4.69, 9.17) is 14.7 Å². The minimum absolute atomic E-state index is 0.139. The molecule has 1 aromatic heterocycles. The summed E-state index contributed by atoms with van der Waals surface area (Å²) in [7, 11) is -4.52. The zero-order valence-electron chi connectivity index (χ0n) is 28.0. The molecule has 4 rings (SSSR count). The summed E-state index contributed by atoms with van der Waals surface area (Å²) in [4.78, 5) is 40.3. The highest BCUT2D eigenvalue weighted by atomic mass is 32.2. The number of benzene rings is 2. The summed E-state index contributed by atoms with van der Waals surface area (Å²) in [6.45, 7) is -0.315. The smallest absolute Gasteiger partial charge is 0.492 e. The second kappa shape index (κ2) is 18.4. The van der Waals surface area contributed by atoms with Crippen molar-refractivity contribution in [3.63, 3.8) is 0 Å². The number of carboxylic acids is 1. The summed E-state index contributed by atoms with van der Waals surface area (Å²) in [5.41, 5.74) is 3.04. The first kappa shape index (κ1) is 38.2. The average Bonchev–Trinajstić information content (AvgIpc) is 3.55. The standard InChI is InChI=1S/C36H46N2O11S/c39-32(14-12-10-8-6-4-2-1-3-5-7-9-11-13-15-35(42)43)37-25-16-18-27-28-19-17-26(50(45,46)47)23-30(28)31(29(27)22-25)24-48-36(44)49-38-33(40)20-21-34(38)41/h16-23,31,40-41H,1-15,24H2,(H,37,39)(H,42,43)(H,45,46,47).